The molecule has 1 atom stereocenters. The Balaban J connectivity index is 1.79. The largest absolute Gasteiger partial charge is 0.468 e. The van der Waals surface area contributed by atoms with Crippen LogP contribution in [0, 0.1) is 5.92 Å². The van der Waals surface area contributed by atoms with Gasteiger partial charge in [-0.25, -0.2) is 0 Å². The van der Waals surface area contributed by atoms with Crippen LogP contribution in [0.5, 0.6) is 0 Å². The molecule has 3 nitrogen and oxygen atoms in total. The standard InChI is InChI=1S/C12H19NO2/c1-10(14)11-4-6-13(7-5-11)9-12-3-2-8-15-12/h2-3,8,10-11,14H,4-7,9H2,1H3. The van der Waals surface area contributed by atoms with E-state index in [-0.39, 0.29) is 6.10 Å². The number of aliphatic hydroxyl groups is 1. The monoisotopic (exact) mass is 209 g/mol. The first kappa shape index (κ1) is 10.7. The summed E-state index contributed by atoms with van der Waals surface area (Å²) in [5, 5.41) is 9.48. The molecule has 15 heavy (non-hydrogen) atoms. The number of hydrogen-bond donors (Lipinski definition) is 1. The van der Waals surface area contributed by atoms with Gasteiger partial charge in [0.15, 0.2) is 0 Å². The van der Waals surface area contributed by atoms with Gasteiger partial charge in [-0.2, -0.15) is 0 Å². The van der Waals surface area contributed by atoms with Crippen molar-refractivity contribution in [3.63, 3.8) is 0 Å². The molecule has 1 aliphatic rings. The predicted octanol–water partition coefficient (Wildman–Crippen LogP) is 1.87. The molecule has 1 saturated heterocycles. The second kappa shape index (κ2) is 4.81. The van der Waals surface area contributed by atoms with Gasteiger partial charge in [-0.15, -0.1) is 0 Å². The molecule has 1 aromatic rings. The summed E-state index contributed by atoms with van der Waals surface area (Å²) in [6, 6.07) is 3.94. The first-order valence-corrected chi connectivity index (χ1v) is 5.68. The van der Waals surface area contributed by atoms with Crippen LogP contribution in [-0.2, 0) is 6.54 Å². The van der Waals surface area contributed by atoms with E-state index in [9.17, 15) is 5.11 Å². The number of piperidine rings is 1. The van der Waals surface area contributed by atoms with Crippen molar-refractivity contribution in [1.29, 1.82) is 0 Å². The maximum absolute atomic E-state index is 9.48. The quantitative estimate of drug-likeness (QED) is 0.825. The molecule has 1 N–H and O–H groups in total. The van der Waals surface area contributed by atoms with Crippen LogP contribution in [0.25, 0.3) is 0 Å². The van der Waals surface area contributed by atoms with Crippen LogP contribution in [0.3, 0.4) is 0 Å². The SMILES string of the molecule is CC(O)C1CCN(Cc2ccco2)CC1. The van der Waals surface area contributed by atoms with Crippen LogP contribution in [0.1, 0.15) is 25.5 Å². The molecule has 84 valence electrons. The molecule has 0 spiro atoms. The third-order valence-electron chi connectivity index (χ3n) is 3.27. The molecular formula is C12H19NO2. The number of likely N-dealkylation sites (tertiary alicyclic amines) is 1. The average molecular weight is 209 g/mol. The lowest BCUT2D eigenvalue weighted by Crippen LogP contribution is -2.36. The Morgan fingerprint density at radius 1 is 1.53 bits per heavy atom. The Bertz CT molecular complexity index is 274. The zero-order valence-electron chi connectivity index (χ0n) is 9.22. The van der Waals surface area contributed by atoms with Crippen molar-refractivity contribution < 1.29 is 9.52 Å². The van der Waals surface area contributed by atoms with E-state index in [0.717, 1.165) is 38.2 Å². The van der Waals surface area contributed by atoms with Gasteiger partial charge in [-0.3, -0.25) is 4.90 Å². The van der Waals surface area contributed by atoms with Crippen molar-refractivity contribution in [2.75, 3.05) is 13.1 Å². The average Bonchev–Trinajstić information content (AvgIpc) is 2.71. The maximum atomic E-state index is 9.48. The second-order valence-electron chi connectivity index (χ2n) is 4.43. The van der Waals surface area contributed by atoms with Crippen LogP contribution >= 0.6 is 0 Å². The van der Waals surface area contributed by atoms with E-state index in [1.807, 2.05) is 19.1 Å². The molecule has 0 amide bonds. The summed E-state index contributed by atoms with van der Waals surface area (Å²) >= 11 is 0. The van der Waals surface area contributed by atoms with Gasteiger partial charge in [-0.1, -0.05) is 0 Å². The lowest BCUT2D eigenvalue weighted by molar-refractivity contribution is 0.0673. The molecule has 0 aliphatic carbocycles. The molecule has 0 radical (unpaired) electrons. The lowest BCUT2D eigenvalue weighted by atomic mass is 9.92. The smallest absolute Gasteiger partial charge is 0.117 e. The van der Waals surface area contributed by atoms with Crippen molar-refractivity contribution in [2.24, 2.45) is 5.92 Å². The predicted molar refractivity (Wildman–Crippen MR) is 58.4 cm³/mol. The molecule has 0 saturated carbocycles. The van der Waals surface area contributed by atoms with E-state index in [2.05, 4.69) is 4.90 Å². The molecule has 3 heteroatoms. The normalized spacial score (nSPS) is 21.7. The van der Waals surface area contributed by atoms with Crippen molar-refractivity contribution >= 4 is 0 Å². The van der Waals surface area contributed by atoms with E-state index in [1.165, 1.54) is 0 Å². The molecule has 2 rings (SSSR count). The fourth-order valence-corrected chi connectivity index (χ4v) is 2.22. The molecule has 1 fully saturated rings. The summed E-state index contributed by atoms with van der Waals surface area (Å²) in [7, 11) is 0. The first-order chi connectivity index (χ1) is 7.25. The van der Waals surface area contributed by atoms with Gasteiger partial charge in [0.05, 0.1) is 18.9 Å². The van der Waals surface area contributed by atoms with Crippen LogP contribution in [0.4, 0.5) is 0 Å². The molecule has 1 unspecified atom stereocenters. The van der Waals surface area contributed by atoms with Gasteiger partial charge < -0.3 is 9.52 Å². The van der Waals surface area contributed by atoms with E-state index < -0.39 is 0 Å². The molecule has 1 aliphatic heterocycles. The summed E-state index contributed by atoms with van der Waals surface area (Å²) < 4.78 is 5.32. The number of hydrogen-bond acceptors (Lipinski definition) is 3. The fraction of sp³-hybridized carbons (Fsp3) is 0.667. The number of aliphatic hydroxyl groups excluding tert-OH is 1. The highest BCUT2D eigenvalue weighted by atomic mass is 16.3. The Labute approximate surface area is 90.7 Å². The summed E-state index contributed by atoms with van der Waals surface area (Å²) in [6.45, 7) is 4.93. The van der Waals surface area contributed by atoms with E-state index in [0.29, 0.717) is 5.92 Å². The Morgan fingerprint density at radius 2 is 2.27 bits per heavy atom. The summed E-state index contributed by atoms with van der Waals surface area (Å²) in [5.41, 5.74) is 0. The maximum Gasteiger partial charge on any atom is 0.117 e. The third kappa shape index (κ3) is 2.83. The van der Waals surface area contributed by atoms with Gasteiger partial charge in [0.1, 0.15) is 5.76 Å². The zero-order valence-corrected chi connectivity index (χ0v) is 9.22. The number of furan rings is 1. The zero-order chi connectivity index (χ0) is 10.7. The third-order valence-corrected chi connectivity index (χ3v) is 3.27. The van der Waals surface area contributed by atoms with Crippen LogP contribution in [-0.4, -0.2) is 29.2 Å². The Morgan fingerprint density at radius 3 is 2.80 bits per heavy atom. The summed E-state index contributed by atoms with van der Waals surface area (Å²) in [4.78, 5) is 2.39. The summed E-state index contributed by atoms with van der Waals surface area (Å²) in [6.07, 6.45) is 3.75. The van der Waals surface area contributed by atoms with E-state index in [4.69, 9.17) is 4.42 Å². The van der Waals surface area contributed by atoms with Gasteiger partial charge in [0.25, 0.3) is 0 Å². The van der Waals surface area contributed by atoms with Crippen LogP contribution < -0.4 is 0 Å². The fourth-order valence-electron chi connectivity index (χ4n) is 2.22. The minimum Gasteiger partial charge on any atom is -0.468 e. The second-order valence-corrected chi connectivity index (χ2v) is 4.43. The molecule has 1 aromatic heterocycles. The molecule has 0 bridgehead atoms. The lowest BCUT2D eigenvalue weighted by Gasteiger charge is -2.32. The molecule has 2 heterocycles. The van der Waals surface area contributed by atoms with Crippen molar-refractivity contribution in [2.45, 2.75) is 32.4 Å². The highest BCUT2D eigenvalue weighted by molar-refractivity contribution is 4.98. The molecular weight excluding hydrogens is 190 g/mol. The van der Waals surface area contributed by atoms with Gasteiger partial charge in [0.2, 0.25) is 0 Å². The highest BCUT2D eigenvalue weighted by Gasteiger charge is 2.22. The summed E-state index contributed by atoms with van der Waals surface area (Å²) in [5.74, 6) is 1.52. The van der Waals surface area contributed by atoms with Crippen LogP contribution in [0.2, 0.25) is 0 Å². The number of rotatable bonds is 3. The highest BCUT2D eigenvalue weighted by Crippen LogP contribution is 2.21. The van der Waals surface area contributed by atoms with Crippen molar-refractivity contribution in [3.05, 3.63) is 24.2 Å². The minimum atomic E-state index is -0.157. The van der Waals surface area contributed by atoms with Gasteiger partial charge in [0, 0.05) is 0 Å². The topological polar surface area (TPSA) is 36.6 Å². The first-order valence-electron chi connectivity index (χ1n) is 5.68. The molecule has 0 aromatic carbocycles. The van der Waals surface area contributed by atoms with Gasteiger partial charge >= 0.3 is 0 Å². The minimum absolute atomic E-state index is 0.157. The van der Waals surface area contributed by atoms with Crippen molar-refractivity contribution in [3.8, 4) is 0 Å². The van der Waals surface area contributed by atoms with Crippen LogP contribution in [0.15, 0.2) is 22.8 Å². The van der Waals surface area contributed by atoms with Gasteiger partial charge in [-0.05, 0) is 50.9 Å². The number of nitrogens with zero attached hydrogens (tertiary/aromatic N) is 1. The Hall–Kier alpha value is -0.800. The van der Waals surface area contributed by atoms with E-state index >= 15 is 0 Å². The van der Waals surface area contributed by atoms with E-state index in [1.54, 1.807) is 6.26 Å². The van der Waals surface area contributed by atoms with Crippen molar-refractivity contribution in [1.82, 2.24) is 4.90 Å². The Kier molecular flexibility index (Phi) is 3.44.